The fourth-order valence-corrected chi connectivity index (χ4v) is 4.24. The standard InChI is InChI=1S/C18H20N4OS2/c1-4-12(5-2)17-21-22-15(19)14(16(23)20-18(22)25-17)10-11-6-8-13(24-3)9-7-11/h6-10,12,19H,4-5H2,1-3H3. The Morgan fingerprint density at radius 2 is 1.96 bits per heavy atom. The molecule has 0 aromatic heterocycles. The summed E-state index contributed by atoms with van der Waals surface area (Å²) in [5.41, 5.74) is 1.15. The van der Waals surface area contributed by atoms with E-state index in [1.54, 1.807) is 17.8 Å². The minimum atomic E-state index is -0.376. The Morgan fingerprint density at radius 3 is 2.56 bits per heavy atom. The van der Waals surface area contributed by atoms with Crippen LogP contribution in [0.5, 0.6) is 0 Å². The third-order valence-corrected chi connectivity index (χ3v) is 6.05. The van der Waals surface area contributed by atoms with E-state index in [1.165, 1.54) is 16.8 Å². The maximum Gasteiger partial charge on any atom is 0.283 e. The molecular formula is C18H20N4OS2. The Kier molecular flexibility index (Phi) is 5.44. The van der Waals surface area contributed by atoms with E-state index in [9.17, 15) is 4.79 Å². The van der Waals surface area contributed by atoms with E-state index in [2.05, 4.69) is 23.9 Å². The molecule has 130 valence electrons. The molecule has 1 aromatic carbocycles. The molecule has 2 aliphatic heterocycles. The largest absolute Gasteiger partial charge is 0.283 e. The van der Waals surface area contributed by atoms with Crippen molar-refractivity contribution in [1.29, 1.82) is 5.41 Å². The van der Waals surface area contributed by atoms with Gasteiger partial charge >= 0.3 is 0 Å². The number of nitrogens with one attached hydrogen (secondary N) is 1. The minimum Gasteiger partial charge on any atom is -0.282 e. The molecule has 1 N–H and O–H groups in total. The average molecular weight is 373 g/mol. The van der Waals surface area contributed by atoms with Crippen molar-refractivity contribution >= 4 is 51.6 Å². The van der Waals surface area contributed by atoms with Gasteiger partial charge in [0.1, 0.15) is 5.04 Å². The normalized spacial score (nSPS) is 18.7. The van der Waals surface area contributed by atoms with Crippen LogP contribution in [-0.2, 0) is 4.79 Å². The van der Waals surface area contributed by atoms with Crippen molar-refractivity contribution in [3.63, 3.8) is 0 Å². The number of amides is 1. The molecule has 0 aliphatic carbocycles. The van der Waals surface area contributed by atoms with Gasteiger partial charge in [0.25, 0.3) is 5.91 Å². The highest BCUT2D eigenvalue weighted by atomic mass is 32.2. The average Bonchev–Trinajstić information content (AvgIpc) is 3.04. The highest BCUT2D eigenvalue weighted by Crippen LogP contribution is 2.32. The molecule has 2 heterocycles. The molecule has 0 saturated heterocycles. The van der Waals surface area contributed by atoms with Crippen LogP contribution in [0.15, 0.2) is 44.8 Å². The number of fused-ring (bicyclic) bond motifs is 1. The smallest absolute Gasteiger partial charge is 0.282 e. The van der Waals surface area contributed by atoms with E-state index in [-0.39, 0.29) is 17.3 Å². The molecule has 0 fully saturated rings. The van der Waals surface area contributed by atoms with Crippen LogP contribution in [0.2, 0.25) is 0 Å². The van der Waals surface area contributed by atoms with Gasteiger partial charge in [0, 0.05) is 10.8 Å². The highest BCUT2D eigenvalue weighted by molar-refractivity contribution is 8.27. The zero-order valence-electron chi connectivity index (χ0n) is 14.4. The molecule has 25 heavy (non-hydrogen) atoms. The van der Waals surface area contributed by atoms with E-state index in [1.807, 2.05) is 30.5 Å². The number of benzene rings is 1. The van der Waals surface area contributed by atoms with Gasteiger partial charge in [0.05, 0.1) is 5.57 Å². The maximum atomic E-state index is 12.4. The summed E-state index contributed by atoms with van der Waals surface area (Å²) in [7, 11) is 0. The first-order valence-corrected chi connectivity index (χ1v) is 10.3. The van der Waals surface area contributed by atoms with Gasteiger partial charge in [-0.1, -0.05) is 26.0 Å². The number of hydrogen-bond donors (Lipinski definition) is 1. The molecule has 0 bridgehead atoms. The molecule has 1 aromatic rings. The van der Waals surface area contributed by atoms with Gasteiger partial charge < -0.3 is 0 Å². The second-order valence-electron chi connectivity index (χ2n) is 5.74. The Bertz CT molecular complexity index is 792. The SMILES string of the molecule is CCC(CC)C1=NN2C(=N)C(=Cc3ccc(SC)cc3)C(=O)N=C2S1. The van der Waals surface area contributed by atoms with Gasteiger partial charge in [0.15, 0.2) is 5.84 Å². The summed E-state index contributed by atoms with van der Waals surface area (Å²) in [5, 5.41) is 15.9. The van der Waals surface area contributed by atoms with Crippen molar-refractivity contribution in [3.8, 4) is 0 Å². The fourth-order valence-electron chi connectivity index (χ4n) is 2.68. The molecule has 0 saturated carbocycles. The summed E-state index contributed by atoms with van der Waals surface area (Å²) in [6.45, 7) is 4.24. The Balaban J connectivity index is 1.90. The summed E-state index contributed by atoms with van der Waals surface area (Å²) < 4.78 is 0. The molecule has 5 nitrogen and oxygen atoms in total. The number of amidine groups is 2. The van der Waals surface area contributed by atoms with Crippen LogP contribution >= 0.6 is 23.5 Å². The molecule has 0 spiro atoms. The minimum absolute atomic E-state index is 0.0948. The Morgan fingerprint density at radius 1 is 1.28 bits per heavy atom. The lowest BCUT2D eigenvalue weighted by atomic mass is 10.1. The number of aliphatic imine (C=N–C) groups is 1. The molecule has 2 aliphatic rings. The fraction of sp³-hybridized carbons (Fsp3) is 0.333. The summed E-state index contributed by atoms with van der Waals surface area (Å²) in [4.78, 5) is 17.7. The molecule has 0 radical (unpaired) electrons. The second-order valence-corrected chi connectivity index (χ2v) is 7.61. The summed E-state index contributed by atoms with van der Waals surface area (Å²) in [5.74, 6) is 0.0591. The number of hydrogen-bond acceptors (Lipinski definition) is 5. The zero-order chi connectivity index (χ0) is 18.0. The van der Waals surface area contributed by atoms with Crippen molar-refractivity contribution in [2.24, 2.45) is 16.0 Å². The number of carbonyl (C=O) groups is 1. The number of nitrogens with zero attached hydrogens (tertiary/aromatic N) is 3. The van der Waals surface area contributed by atoms with Crippen LogP contribution in [0.3, 0.4) is 0 Å². The van der Waals surface area contributed by atoms with Gasteiger partial charge in [-0.05, 0) is 54.6 Å². The van der Waals surface area contributed by atoms with E-state index >= 15 is 0 Å². The van der Waals surface area contributed by atoms with Crippen LogP contribution in [0.1, 0.15) is 32.3 Å². The third-order valence-electron chi connectivity index (χ3n) is 4.23. The summed E-state index contributed by atoms with van der Waals surface area (Å²) in [6.07, 6.45) is 5.69. The van der Waals surface area contributed by atoms with Crippen molar-refractivity contribution in [2.45, 2.75) is 31.6 Å². The van der Waals surface area contributed by atoms with Gasteiger partial charge in [0.2, 0.25) is 5.17 Å². The lowest BCUT2D eigenvalue weighted by molar-refractivity contribution is -0.114. The maximum absolute atomic E-state index is 12.4. The van der Waals surface area contributed by atoms with Crippen molar-refractivity contribution in [1.82, 2.24) is 5.01 Å². The quantitative estimate of drug-likeness (QED) is 0.612. The zero-order valence-corrected chi connectivity index (χ0v) is 16.1. The third kappa shape index (κ3) is 3.57. The van der Waals surface area contributed by atoms with Crippen molar-refractivity contribution in [3.05, 3.63) is 35.4 Å². The molecular weight excluding hydrogens is 352 g/mol. The van der Waals surface area contributed by atoms with Gasteiger partial charge in [-0.25, -0.2) is 0 Å². The van der Waals surface area contributed by atoms with Gasteiger partial charge in [-0.3, -0.25) is 10.2 Å². The van der Waals surface area contributed by atoms with E-state index in [0.717, 1.165) is 28.3 Å². The van der Waals surface area contributed by atoms with E-state index in [0.29, 0.717) is 11.1 Å². The van der Waals surface area contributed by atoms with Crippen LogP contribution < -0.4 is 0 Å². The second kappa shape index (κ2) is 7.58. The lowest BCUT2D eigenvalue weighted by Crippen LogP contribution is -2.35. The number of hydrazone groups is 1. The first kappa shape index (κ1) is 17.9. The predicted octanol–water partition coefficient (Wildman–Crippen LogP) is 4.46. The van der Waals surface area contributed by atoms with Gasteiger partial charge in [-0.15, -0.1) is 11.8 Å². The predicted molar refractivity (Wildman–Crippen MR) is 107 cm³/mol. The summed E-state index contributed by atoms with van der Waals surface area (Å²) >= 11 is 3.07. The number of carbonyl (C=O) groups excluding carboxylic acids is 1. The lowest BCUT2D eigenvalue weighted by Gasteiger charge is -2.20. The molecule has 0 atom stereocenters. The topological polar surface area (TPSA) is 68.9 Å². The van der Waals surface area contributed by atoms with E-state index in [4.69, 9.17) is 5.41 Å². The monoisotopic (exact) mass is 372 g/mol. The highest BCUT2D eigenvalue weighted by Gasteiger charge is 2.37. The molecule has 7 heteroatoms. The van der Waals surface area contributed by atoms with Gasteiger partial charge in [-0.2, -0.15) is 15.1 Å². The first-order chi connectivity index (χ1) is 12.1. The van der Waals surface area contributed by atoms with Crippen LogP contribution in [0, 0.1) is 11.3 Å². The molecule has 1 amide bonds. The first-order valence-electron chi connectivity index (χ1n) is 8.21. The van der Waals surface area contributed by atoms with Crippen molar-refractivity contribution in [2.75, 3.05) is 6.26 Å². The van der Waals surface area contributed by atoms with E-state index < -0.39 is 0 Å². The van der Waals surface area contributed by atoms with Crippen LogP contribution in [-0.4, -0.2) is 33.2 Å². The van der Waals surface area contributed by atoms with Crippen LogP contribution in [0.25, 0.3) is 6.08 Å². The summed E-state index contributed by atoms with van der Waals surface area (Å²) in [6, 6.07) is 7.88. The Hall–Kier alpha value is -1.86. The molecule has 0 unspecified atom stereocenters. The van der Waals surface area contributed by atoms with Crippen molar-refractivity contribution < 1.29 is 4.79 Å². The molecule has 3 rings (SSSR count). The number of rotatable bonds is 5. The van der Waals surface area contributed by atoms with Crippen LogP contribution in [0.4, 0.5) is 0 Å². The Labute approximate surface area is 156 Å². The number of thioether (sulfide) groups is 2.